The molecular formula is C21H21N3O4. The van der Waals surface area contributed by atoms with Gasteiger partial charge in [0, 0.05) is 31.8 Å². The Kier molecular flexibility index (Phi) is 4.73. The van der Waals surface area contributed by atoms with Crippen molar-refractivity contribution in [2.45, 2.75) is 12.8 Å². The van der Waals surface area contributed by atoms with Crippen LogP contribution >= 0.6 is 0 Å². The number of benzene rings is 2. The van der Waals surface area contributed by atoms with Crippen LogP contribution in [0.1, 0.15) is 33.6 Å². The van der Waals surface area contributed by atoms with Crippen LogP contribution in [0.4, 0.5) is 11.4 Å². The number of carbonyl (C=O) groups is 3. The third-order valence-electron chi connectivity index (χ3n) is 5.00. The maximum Gasteiger partial charge on any atom is 0.261 e. The highest BCUT2D eigenvalue weighted by Gasteiger charge is 2.34. The lowest BCUT2D eigenvalue weighted by Crippen LogP contribution is -2.31. The van der Waals surface area contributed by atoms with Crippen LogP contribution < -0.4 is 15.0 Å². The summed E-state index contributed by atoms with van der Waals surface area (Å²) in [6.07, 6.45) is 0.618. The van der Waals surface area contributed by atoms with Crippen molar-refractivity contribution in [2.24, 2.45) is 0 Å². The Labute approximate surface area is 162 Å². The normalized spacial score (nSPS) is 15.2. The Hall–Kier alpha value is -3.35. The van der Waals surface area contributed by atoms with Crippen LogP contribution in [-0.4, -0.2) is 49.4 Å². The predicted octanol–water partition coefficient (Wildman–Crippen LogP) is 2.53. The molecule has 7 heteroatoms. The van der Waals surface area contributed by atoms with Gasteiger partial charge in [-0.3, -0.25) is 19.3 Å². The summed E-state index contributed by atoms with van der Waals surface area (Å²) < 4.78 is 5.64. The standard InChI is InChI=1S/C21H21N3O4/c1-23-11-12-28-18-13-14(8-9-17(18)23)22-19(25)7-4-10-24-20(26)15-5-2-3-6-16(15)21(24)27/h2-3,5-6,8-9,13H,4,7,10-12H2,1H3,(H,22,25). The zero-order chi connectivity index (χ0) is 19.7. The largest absolute Gasteiger partial charge is 0.489 e. The number of nitrogens with zero attached hydrogens (tertiary/aromatic N) is 2. The van der Waals surface area contributed by atoms with Crippen LogP contribution in [0.5, 0.6) is 5.75 Å². The minimum Gasteiger partial charge on any atom is -0.489 e. The Morgan fingerprint density at radius 3 is 2.54 bits per heavy atom. The van der Waals surface area contributed by atoms with E-state index in [4.69, 9.17) is 4.74 Å². The Balaban J connectivity index is 1.31. The number of hydrogen-bond donors (Lipinski definition) is 1. The fraction of sp³-hybridized carbons (Fsp3) is 0.286. The van der Waals surface area contributed by atoms with Gasteiger partial charge in [-0.25, -0.2) is 0 Å². The number of imide groups is 1. The van der Waals surface area contributed by atoms with Crippen molar-refractivity contribution >= 4 is 29.1 Å². The average molecular weight is 379 g/mol. The molecule has 0 atom stereocenters. The van der Waals surface area contributed by atoms with Crippen LogP contribution in [0, 0.1) is 0 Å². The molecule has 2 aromatic rings. The minimum atomic E-state index is -0.294. The lowest BCUT2D eigenvalue weighted by molar-refractivity contribution is -0.116. The number of nitrogens with one attached hydrogen (secondary N) is 1. The van der Waals surface area contributed by atoms with Crippen molar-refractivity contribution in [1.29, 1.82) is 0 Å². The number of rotatable bonds is 5. The van der Waals surface area contributed by atoms with E-state index in [1.54, 1.807) is 24.3 Å². The third kappa shape index (κ3) is 3.31. The highest BCUT2D eigenvalue weighted by atomic mass is 16.5. The maximum absolute atomic E-state index is 12.3. The molecule has 0 radical (unpaired) electrons. The molecule has 0 spiro atoms. The van der Waals surface area contributed by atoms with E-state index in [0.717, 1.165) is 18.0 Å². The summed E-state index contributed by atoms with van der Waals surface area (Å²) in [5, 5.41) is 2.85. The summed E-state index contributed by atoms with van der Waals surface area (Å²) in [5.74, 6) is -0.00720. The van der Waals surface area contributed by atoms with Crippen molar-refractivity contribution in [2.75, 3.05) is 37.0 Å². The van der Waals surface area contributed by atoms with E-state index in [1.165, 1.54) is 4.90 Å². The molecule has 0 unspecified atom stereocenters. The van der Waals surface area contributed by atoms with E-state index in [9.17, 15) is 14.4 Å². The molecule has 1 N–H and O–H groups in total. The molecule has 0 aliphatic carbocycles. The van der Waals surface area contributed by atoms with Gasteiger partial charge >= 0.3 is 0 Å². The topological polar surface area (TPSA) is 79.0 Å². The molecule has 144 valence electrons. The molecule has 2 aliphatic heterocycles. The number of ether oxygens (including phenoxy) is 1. The fourth-order valence-corrected chi connectivity index (χ4v) is 3.50. The van der Waals surface area contributed by atoms with Crippen molar-refractivity contribution in [3.8, 4) is 5.75 Å². The molecule has 28 heavy (non-hydrogen) atoms. The lowest BCUT2D eigenvalue weighted by Gasteiger charge is -2.28. The van der Waals surface area contributed by atoms with Crippen molar-refractivity contribution in [3.63, 3.8) is 0 Å². The first-order valence-corrected chi connectivity index (χ1v) is 9.27. The van der Waals surface area contributed by atoms with Gasteiger partial charge < -0.3 is 15.0 Å². The van der Waals surface area contributed by atoms with E-state index in [2.05, 4.69) is 10.2 Å². The smallest absolute Gasteiger partial charge is 0.261 e. The van der Waals surface area contributed by atoms with E-state index >= 15 is 0 Å². The second-order valence-corrected chi connectivity index (χ2v) is 6.91. The van der Waals surface area contributed by atoms with Gasteiger partial charge in [-0.2, -0.15) is 0 Å². The molecule has 0 bridgehead atoms. The van der Waals surface area contributed by atoms with E-state index in [1.807, 2.05) is 25.2 Å². The van der Waals surface area contributed by atoms with Gasteiger partial charge in [0.15, 0.2) is 0 Å². The van der Waals surface area contributed by atoms with E-state index < -0.39 is 0 Å². The monoisotopic (exact) mass is 379 g/mol. The average Bonchev–Trinajstić information content (AvgIpc) is 2.93. The molecule has 0 saturated heterocycles. The molecule has 0 aromatic heterocycles. The lowest BCUT2D eigenvalue weighted by atomic mass is 10.1. The molecule has 2 aliphatic rings. The van der Waals surface area contributed by atoms with Crippen molar-refractivity contribution < 1.29 is 19.1 Å². The van der Waals surface area contributed by atoms with Crippen LogP contribution in [-0.2, 0) is 4.79 Å². The number of amides is 3. The minimum absolute atomic E-state index is 0.166. The summed E-state index contributed by atoms with van der Waals surface area (Å²) >= 11 is 0. The highest BCUT2D eigenvalue weighted by Crippen LogP contribution is 2.33. The zero-order valence-electron chi connectivity index (χ0n) is 15.6. The van der Waals surface area contributed by atoms with Crippen molar-refractivity contribution in [1.82, 2.24) is 4.90 Å². The number of likely N-dealkylation sites (N-methyl/N-ethyl adjacent to an activating group) is 1. The summed E-state index contributed by atoms with van der Waals surface area (Å²) in [5.41, 5.74) is 2.52. The fourth-order valence-electron chi connectivity index (χ4n) is 3.50. The zero-order valence-corrected chi connectivity index (χ0v) is 15.6. The maximum atomic E-state index is 12.3. The Bertz CT molecular complexity index is 921. The molecule has 0 saturated carbocycles. The highest BCUT2D eigenvalue weighted by molar-refractivity contribution is 6.21. The first-order chi connectivity index (χ1) is 13.5. The third-order valence-corrected chi connectivity index (χ3v) is 5.00. The SMILES string of the molecule is CN1CCOc2cc(NC(=O)CCCN3C(=O)c4ccccc4C3=O)ccc21. The number of anilines is 2. The second kappa shape index (κ2) is 7.34. The molecular weight excluding hydrogens is 358 g/mol. The first kappa shape index (κ1) is 18.0. The summed E-state index contributed by atoms with van der Waals surface area (Å²) in [7, 11) is 2.00. The van der Waals surface area contributed by atoms with E-state index in [0.29, 0.717) is 29.8 Å². The Morgan fingerprint density at radius 1 is 1.11 bits per heavy atom. The molecule has 4 rings (SSSR count). The van der Waals surface area contributed by atoms with Crippen LogP contribution in [0.3, 0.4) is 0 Å². The van der Waals surface area contributed by atoms with Gasteiger partial charge in [0.25, 0.3) is 11.8 Å². The van der Waals surface area contributed by atoms with Gasteiger partial charge in [0.1, 0.15) is 12.4 Å². The molecule has 0 fully saturated rings. The molecule has 2 heterocycles. The molecule has 7 nitrogen and oxygen atoms in total. The van der Waals surface area contributed by atoms with Gasteiger partial charge in [0.05, 0.1) is 23.4 Å². The number of fused-ring (bicyclic) bond motifs is 2. The predicted molar refractivity (Wildman–Crippen MR) is 105 cm³/mol. The number of carbonyl (C=O) groups excluding carboxylic acids is 3. The molecule has 2 aromatic carbocycles. The van der Waals surface area contributed by atoms with Crippen LogP contribution in [0.25, 0.3) is 0 Å². The first-order valence-electron chi connectivity index (χ1n) is 9.27. The Morgan fingerprint density at radius 2 is 1.82 bits per heavy atom. The second-order valence-electron chi connectivity index (χ2n) is 6.91. The van der Waals surface area contributed by atoms with Gasteiger partial charge in [-0.05, 0) is 30.7 Å². The quantitative estimate of drug-likeness (QED) is 0.808. The number of hydrogen-bond acceptors (Lipinski definition) is 5. The summed E-state index contributed by atoms with van der Waals surface area (Å²) in [6.45, 7) is 1.66. The van der Waals surface area contributed by atoms with Gasteiger partial charge in [-0.1, -0.05) is 12.1 Å². The van der Waals surface area contributed by atoms with Gasteiger partial charge in [0.2, 0.25) is 5.91 Å². The summed E-state index contributed by atoms with van der Waals surface area (Å²) in [6, 6.07) is 12.3. The molecule has 3 amide bonds. The van der Waals surface area contributed by atoms with Crippen molar-refractivity contribution in [3.05, 3.63) is 53.6 Å². The summed E-state index contributed by atoms with van der Waals surface area (Å²) in [4.78, 5) is 40.2. The van der Waals surface area contributed by atoms with Crippen LogP contribution in [0.15, 0.2) is 42.5 Å². The van der Waals surface area contributed by atoms with Crippen LogP contribution in [0.2, 0.25) is 0 Å². The van der Waals surface area contributed by atoms with Gasteiger partial charge in [-0.15, -0.1) is 0 Å². The van der Waals surface area contributed by atoms with E-state index in [-0.39, 0.29) is 30.7 Å².